The molecule has 0 radical (unpaired) electrons. The van der Waals surface area contributed by atoms with E-state index in [0.717, 1.165) is 25.0 Å². The highest BCUT2D eigenvalue weighted by Crippen LogP contribution is 2.24. The molecule has 0 spiro atoms. The molecule has 1 rings (SSSR count). The van der Waals surface area contributed by atoms with Gasteiger partial charge in [0.1, 0.15) is 5.69 Å². The SMILES string of the molecule is CCc1cc(C(=O)NCC(CC)(CC)CO)n(CC)n1. The molecule has 5 heteroatoms. The number of aliphatic hydroxyl groups is 1. The molecule has 5 nitrogen and oxygen atoms in total. The Morgan fingerprint density at radius 3 is 2.45 bits per heavy atom. The maximum atomic E-state index is 12.3. The van der Waals surface area contributed by atoms with Gasteiger partial charge in [0.05, 0.1) is 12.3 Å². The number of carbonyl (C=O) groups excluding carboxylic acids is 1. The first-order valence-electron chi connectivity index (χ1n) is 7.51. The van der Waals surface area contributed by atoms with Crippen LogP contribution in [0.2, 0.25) is 0 Å². The molecule has 1 amide bonds. The lowest BCUT2D eigenvalue weighted by Gasteiger charge is -2.29. The van der Waals surface area contributed by atoms with Crippen LogP contribution in [0.5, 0.6) is 0 Å². The number of hydrogen-bond donors (Lipinski definition) is 2. The monoisotopic (exact) mass is 281 g/mol. The maximum Gasteiger partial charge on any atom is 0.269 e. The number of carbonyl (C=O) groups is 1. The van der Waals surface area contributed by atoms with Gasteiger partial charge < -0.3 is 10.4 Å². The first kappa shape index (κ1) is 16.7. The minimum Gasteiger partial charge on any atom is -0.396 e. The smallest absolute Gasteiger partial charge is 0.269 e. The summed E-state index contributed by atoms with van der Waals surface area (Å²) in [6, 6.07) is 1.84. The predicted molar refractivity (Wildman–Crippen MR) is 79.7 cm³/mol. The van der Waals surface area contributed by atoms with Gasteiger partial charge >= 0.3 is 0 Å². The fraction of sp³-hybridized carbons (Fsp3) is 0.733. The zero-order chi connectivity index (χ0) is 15.2. The van der Waals surface area contributed by atoms with E-state index in [2.05, 4.69) is 10.4 Å². The number of nitrogens with one attached hydrogen (secondary N) is 1. The van der Waals surface area contributed by atoms with E-state index in [-0.39, 0.29) is 17.9 Å². The molecule has 1 aromatic heterocycles. The van der Waals surface area contributed by atoms with Gasteiger partial charge in [-0.3, -0.25) is 9.48 Å². The molecule has 0 fully saturated rings. The van der Waals surface area contributed by atoms with Crippen molar-refractivity contribution in [3.8, 4) is 0 Å². The van der Waals surface area contributed by atoms with Crippen LogP contribution in [0.3, 0.4) is 0 Å². The Morgan fingerprint density at radius 1 is 1.35 bits per heavy atom. The van der Waals surface area contributed by atoms with Crippen molar-refractivity contribution in [1.29, 1.82) is 0 Å². The van der Waals surface area contributed by atoms with Gasteiger partial charge in [-0.1, -0.05) is 20.8 Å². The first-order valence-corrected chi connectivity index (χ1v) is 7.51. The number of nitrogens with zero attached hydrogens (tertiary/aromatic N) is 2. The summed E-state index contributed by atoms with van der Waals surface area (Å²) in [4.78, 5) is 12.3. The van der Waals surface area contributed by atoms with Crippen LogP contribution in [0.25, 0.3) is 0 Å². The first-order chi connectivity index (χ1) is 9.55. The Balaban J connectivity index is 2.78. The molecule has 0 atom stereocenters. The molecule has 0 aromatic carbocycles. The topological polar surface area (TPSA) is 67.2 Å². The third kappa shape index (κ3) is 3.60. The highest BCUT2D eigenvalue weighted by atomic mass is 16.3. The van der Waals surface area contributed by atoms with Gasteiger partial charge in [0.25, 0.3) is 5.91 Å². The van der Waals surface area contributed by atoms with Crippen LogP contribution in [0.4, 0.5) is 0 Å². The fourth-order valence-corrected chi connectivity index (χ4v) is 2.20. The van der Waals surface area contributed by atoms with E-state index < -0.39 is 0 Å². The summed E-state index contributed by atoms with van der Waals surface area (Å²) >= 11 is 0. The van der Waals surface area contributed by atoms with Gasteiger partial charge in [-0.25, -0.2) is 0 Å². The Kier molecular flexibility index (Phi) is 6.20. The average Bonchev–Trinajstić information content (AvgIpc) is 2.92. The van der Waals surface area contributed by atoms with Crippen LogP contribution >= 0.6 is 0 Å². The summed E-state index contributed by atoms with van der Waals surface area (Å²) in [6.07, 6.45) is 2.50. The summed E-state index contributed by atoms with van der Waals surface area (Å²) in [7, 11) is 0. The lowest BCUT2D eigenvalue weighted by molar-refractivity contribution is 0.0842. The summed E-state index contributed by atoms with van der Waals surface area (Å²) in [6.45, 7) is 9.33. The highest BCUT2D eigenvalue weighted by Gasteiger charge is 2.26. The van der Waals surface area contributed by atoms with Crippen molar-refractivity contribution < 1.29 is 9.90 Å². The highest BCUT2D eigenvalue weighted by molar-refractivity contribution is 5.92. The maximum absolute atomic E-state index is 12.3. The Labute approximate surface area is 121 Å². The number of aliphatic hydroxyl groups excluding tert-OH is 1. The number of amides is 1. The van der Waals surface area contributed by atoms with Crippen molar-refractivity contribution in [1.82, 2.24) is 15.1 Å². The summed E-state index contributed by atoms with van der Waals surface area (Å²) in [5.41, 5.74) is 1.31. The molecular weight excluding hydrogens is 254 g/mol. The van der Waals surface area contributed by atoms with E-state index >= 15 is 0 Å². The summed E-state index contributed by atoms with van der Waals surface area (Å²) in [5, 5.41) is 16.9. The molecule has 0 aliphatic carbocycles. The molecule has 0 saturated carbocycles. The lowest BCUT2D eigenvalue weighted by atomic mass is 9.83. The van der Waals surface area contributed by atoms with E-state index in [0.29, 0.717) is 18.8 Å². The molecule has 0 aliphatic heterocycles. The second-order valence-corrected chi connectivity index (χ2v) is 5.24. The number of aryl methyl sites for hydroxylation is 2. The fourth-order valence-electron chi connectivity index (χ4n) is 2.20. The normalized spacial score (nSPS) is 11.7. The molecule has 114 valence electrons. The third-order valence-corrected chi connectivity index (χ3v) is 4.18. The molecular formula is C15H27N3O2. The minimum atomic E-state index is -0.222. The Bertz CT molecular complexity index is 428. The van der Waals surface area contributed by atoms with Crippen molar-refractivity contribution in [3.05, 3.63) is 17.5 Å². The van der Waals surface area contributed by atoms with Gasteiger partial charge in [0.2, 0.25) is 0 Å². The van der Waals surface area contributed by atoms with E-state index in [1.165, 1.54) is 0 Å². The second kappa shape index (κ2) is 7.43. The largest absolute Gasteiger partial charge is 0.396 e. The Hall–Kier alpha value is -1.36. The van der Waals surface area contributed by atoms with E-state index in [1.807, 2.05) is 33.8 Å². The number of hydrogen-bond acceptors (Lipinski definition) is 3. The van der Waals surface area contributed by atoms with Gasteiger partial charge in [-0.2, -0.15) is 5.10 Å². The van der Waals surface area contributed by atoms with Crippen molar-refractivity contribution in [2.75, 3.05) is 13.2 Å². The summed E-state index contributed by atoms with van der Waals surface area (Å²) < 4.78 is 1.73. The lowest BCUT2D eigenvalue weighted by Crippen LogP contribution is -2.40. The molecule has 0 unspecified atom stereocenters. The molecule has 2 N–H and O–H groups in total. The van der Waals surface area contributed by atoms with Gasteiger partial charge in [-0.05, 0) is 32.3 Å². The zero-order valence-corrected chi connectivity index (χ0v) is 13.1. The van der Waals surface area contributed by atoms with Gasteiger partial charge in [0.15, 0.2) is 0 Å². The van der Waals surface area contributed by atoms with E-state index in [9.17, 15) is 9.90 Å². The molecule has 1 aromatic rings. The van der Waals surface area contributed by atoms with Crippen LogP contribution in [0.1, 0.15) is 56.7 Å². The molecule has 20 heavy (non-hydrogen) atoms. The number of aromatic nitrogens is 2. The van der Waals surface area contributed by atoms with Crippen LogP contribution in [0.15, 0.2) is 6.07 Å². The van der Waals surface area contributed by atoms with Gasteiger partial charge in [0, 0.05) is 18.5 Å². The standard InChI is InChI=1S/C15H27N3O2/c1-5-12-9-13(18(8-4)17-12)14(20)16-10-15(6-2,7-3)11-19/h9,19H,5-8,10-11H2,1-4H3,(H,16,20). The quantitative estimate of drug-likeness (QED) is 0.766. The molecule has 0 bridgehead atoms. The van der Waals surface area contributed by atoms with Gasteiger partial charge in [-0.15, -0.1) is 0 Å². The zero-order valence-electron chi connectivity index (χ0n) is 13.1. The summed E-state index contributed by atoms with van der Waals surface area (Å²) in [5.74, 6) is -0.112. The van der Waals surface area contributed by atoms with Crippen LogP contribution < -0.4 is 5.32 Å². The third-order valence-electron chi connectivity index (χ3n) is 4.18. The van der Waals surface area contributed by atoms with Crippen LogP contribution in [0, 0.1) is 5.41 Å². The average molecular weight is 281 g/mol. The predicted octanol–water partition coefficient (Wildman–Crippen LogP) is 1.99. The van der Waals surface area contributed by atoms with Crippen LogP contribution in [-0.4, -0.2) is 33.9 Å². The number of rotatable bonds is 8. The molecule has 0 aliphatic rings. The van der Waals surface area contributed by atoms with E-state index in [1.54, 1.807) is 4.68 Å². The van der Waals surface area contributed by atoms with Crippen molar-refractivity contribution in [2.24, 2.45) is 5.41 Å². The van der Waals surface area contributed by atoms with E-state index in [4.69, 9.17) is 0 Å². The minimum absolute atomic E-state index is 0.0908. The van der Waals surface area contributed by atoms with Crippen molar-refractivity contribution in [3.63, 3.8) is 0 Å². The molecule has 0 saturated heterocycles. The Morgan fingerprint density at radius 2 is 2.00 bits per heavy atom. The molecule has 1 heterocycles. The second-order valence-electron chi connectivity index (χ2n) is 5.24. The van der Waals surface area contributed by atoms with Crippen molar-refractivity contribution >= 4 is 5.91 Å². The van der Waals surface area contributed by atoms with Crippen LogP contribution in [-0.2, 0) is 13.0 Å². The van der Waals surface area contributed by atoms with Crippen molar-refractivity contribution in [2.45, 2.75) is 53.5 Å².